The van der Waals surface area contributed by atoms with Gasteiger partial charge in [-0.1, -0.05) is 19.9 Å². The minimum Gasteiger partial charge on any atom is -0.307 e. The summed E-state index contributed by atoms with van der Waals surface area (Å²) in [6.45, 7) is 5.81. The van der Waals surface area contributed by atoms with E-state index in [-0.39, 0.29) is 5.54 Å². The Morgan fingerprint density at radius 1 is 1.54 bits per heavy atom. The molecule has 1 aromatic heterocycles. The van der Waals surface area contributed by atoms with E-state index >= 15 is 0 Å². The van der Waals surface area contributed by atoms with Crippen molar-refractivity contribution in [3.63, 3.8) is 0 Å². The van der Waals surface area contributed by atoms with Crippen LogP contribution in [0.15, 0.2) is 17.5 Å². The third-order valence-electron chi connectivity index (χ3n) is 3.13. The lowest BCUT2D eigenvalue weighted by molar-refractivity contribution is 0.283. The number of thiophene rings is 1. The van der Waals surface area contributed by atoms with Crippen LogP contribution in [-0.2, 0) is 5.54 Å². The highest BCUT2D eigenvalue weighted by Gasteiger charge is 2.38. The highest BCUT2D eigenvalue weighted by Crippen LogP contribution is 2.39. The lowest BCUT2D eigenvalue weighted by Gasteiger charge is -2.32. The van der Waals surface area contributed by atoms with Gasteiger partial charge in [-0.15, -0.1) is 11.3 Å². The van der Waals surface area contributed by atoms with Gasteiger partial charge in [0, 0.05) is 4.88 Å². The normalized spacial score (nSPS) is 28.5. The molecule has 1 atom stereocenters. The van der Waals surface area contributed by atoms with E-state index in [2.05, 4.69) is 36.7 Å². The largest absolute Gasteiger partial charge is 0.307 e. The monoisotopic (exact) mass is 195 g/mol. The molecule has 0 spiro atoms. The van der Waals surface area contributed by atoms with Gasteiger partial charge in [-0.3, -0.25) is 0 Å². The van der Waals surface area contributed by atoms with E-state index in [1.165, 1.54) is 24.3 Å². The molecule has 2 heteroatoms. The molecule has 0 aromatic carbocycles. The van der Waals surface area contributed by atoms with Gasteiger partial charge >= 0.3 is 0 Å². The van der Waals surface area contributed by atoms with Crippen LogP contribution in [0.2, 0.25) is 0 Å². The van der Waals surface area contributed by atoms with Crippen LogP contribution in [0.1, 0.15) is 31.6 Å². The Bertz CT molecular complexity index is 258. The van der Waals surface area contributed by atoms with Gasteiger partial charge < -0.3 is 5.32 Å². The van der Waals surface area contributed by atoms with Crippen molar-refractivity contribution in [3.8, 4) is 0 Å². The maximum absolute atomic E-state index is 3.68. The van der Waals surface area contributed by atoms with Gasteiger partial charge in [0.25, 0.3) is 0 Å². The molecule has 1 fully saturated rings. The summed E-state index contributed by atoms with van der Waals surface area (Å²) in [5.41, 5.74) is 0.286. The predicted octanol–water partition coefficient (Wildman–Crippen LogP) is 2.98. The van der Waals surface area contributed by atoms with Crippen LogP contribution >= 0.6 is 11.3 Å². The Labute approximate surface area is 84.2 Å². The molecule has 0 aliphatic carbocycles. The van der Waals surface area contributed by atoms with Gasteiger partial charge in [0.15, 0.2) is 0 Å². The Hall–Kier alpha value is -0.340. The number of hydrogen-bond acceptors (Lipinski definition) is 2. The molecule has 72 valence electrons. The minimum atomic E-state index is 0.286. The van der Waals surface area contributed by atoms with Crippen LogP contribution in [0.25, 0.3) is 0 Å². The lowest BCUT2D eigenvalue weighted by atomic mass is 9.84. The zero-order valence-corrected chi connectivity index (χ0v) is 9.16. The standard InChI is InChI=1S/C11H17NS/c1-9(2)11(6-4-7-12-11)10-5-3-8-13-10/h3,5,8-9,12H,4,6-7H2,1-2H3. The Balaban J connectivity index is 2.33. The predicted molar refractivity (Wildman–Crippen MR) is 58.1 cm³/mol. The number of nitrogens with one attached hydrogen (secondary N) is 1. The molecule has 1 N–H and O–H groups in total. The third-order valence-corrected chi connectivity index (χ3v) is 4.18. The molecule has 0 radical (unpaired) electrons. The van der Waals surface area contributed by atoms with Gasteiger partial charge in [-0.2, -0.15) is 0 Å². The second kappa shape index (κ2) is 3.43. The van der Waals surface area contributed by atoms with Crippen molar-refractivity contribution >= 4 is 11.3 Å². The van der Waals surface area contributed by atoms with Gasteiger partial charge in [0.2, 0.25) is 0 Å². The van der Waals surface area contributed by atoms with Crippen molar-refractivity contribution in [3.05, 3.63) is 22.4 Å². The molecular formula is C11H17NS. The molecule has 1 saturated heterocycles. The molecule has 13 heavy (non-hydrogen) atoms. The fourth-order valence-corrected chi connectivity index (χ4v) is 3.37. The summed E-state index contributed by atoms with van der Waals surface area (Å²) >= 11 is 1.88. The first-order valence-corrected chi connectivity index (χ1v) is 5.93. The molecule has 1 aromatic rings. The van der Waals surface area contributed by atoms with E-state index in [9.17, 15) is 0 Å². The number of rotatable bonds is 2. The van der Waals surface area contributed by atoms with E-state index in [4.69, 9.17) is 0 Å². The topological polar surface area (TPSA) is 12.0 Å². The van der Waals surface area contributed by atoms with Gasteiger partial charge in [-0.05, 0) is 36.8 Å². The summed E-state index contributed by atoms with van der Waals surface area (Å²) in [4.78, 5) is 1.51. The van der Waals surface area contributed by atoms with Crippen molar-refractivity contribution in [1.82, 2.24) is 5.32 Å². The summed E-state index contributed by atoms with van der Waals surface area (Å²) in [6.07, 6.45) is 2.61. The average Bonchev–Trinajstić information content (AvgIpc) is 2.75. The van der Waals surface area contributed by atoms with Crippen LogP contribution in [-0.4, -0.2) is 6.54 Å². The van der Waals surface area contributed by atoms with Gasteiger partial charge in [0.1, 0.15) is 0 Å². The molecule has 0 amide bonds. The van der Waals surface area contributed by atoms with Crippen molar-refractivity contribution in [2.24, 2.45) is 5.92 Å². The highest BCUT2D eigenvalue weighted by molar-refractivity contribution is 7.10. The third kappa shape index (κ3) is 1.42. The zero-order valence-electron chi connectivity index (χ0n) is 8.34. The van der Waals surface area contributed by atoms with Crippen LogP contribution in [0.5, 0.6) is 0 Å². The zero-order chi connectivity index (χ0) is 9.31. The maximum Gasteiger partial charge on any atom is 0.0552 e. The second-order valence-corrected chi connectivity index (χ2v) is 5.08. The van der Waals surface area contributed by atoms with Crippen LogP contribution in [0, 0.1) is 5.92 Å². The Kier molecular flexibility index (Phi) is 2.43. The molecule has 2 heterocycles. The summed E-state index contributed by atoms with van der Waals surface area (Å²) in [5, 5.41) is 5.86. The highest BCUT2D eigenvalue weighted by atomic mass is 32.1. The minimum absolute atomic E-state index is 0.286. The first-order valence-electron chi connectivity index (χ1n) is 5.05. The van der Waals surface area contributed by atoms with Crippen molar-refractivity contribution in [2.45, 2.75) is 32.2 Å². The molecule has 1 nitrogen and oxygen atoms in total. The van der Waals surface area contributed by atoms with Crippen molar-refractivity contribution < 1.29 is 0 Å². The molecule has 0 saturated carbocycles. The SMILES string of the molecule is CC(C)C1(c2cccs2)CCCN1. The van der Waals surface area contributed by atoms with Crippen molar-refractivity contribution in [2.75, 3.05) is 6.54 Å². The summed E-state index contributed by atoms with van der Waals surface area (Å²) in [7, 11) is 0. The molecule has 1 aliphatic heterocycles. The molecular weight excluding hydrogens is 178 g/mol. The van der Waals surface area contributed by atoms with Gasteiger partial charge in [-0.25, -0.2) is 0 Å². The lowest BCUT2D eigenvalue weighted by Crippen LogP contribution is -2.40. The Morgan fingerprint density at radius 3 is 2.85 bits per heavy atom. The van der Waals surface area contributed by atoms with E-state index in [1.807, 2.05) is 11.3 Å². The van der Waals surface area contributed by atoms with E-state index in [0.717, 1.165) is 0 Å². The first-order chi connectivity index (χ1) is 6.26. The summed E-state index contributed by atoms with van der Waals surface area (Å²) in [5.74, 6) is 0.689. The fraction of sp³-hybridized carbons (Fsp3) is 0.636. The number of hydrogen-bond donors (Lipinski definition) is 1. The maximum atomic E-state index is 3.68. The second-order valence-electron chi connectivity index (χ2n) is 4.13. The first kappa shape index (κ1) is 9.22. The smallest absolute Gasteiger partial charge is 0.0552 e. The Morgan fingerprint density at radius 2 is 2.38 bits per heavy atom. The van der Waals surface area contributed by atoms with Gasteiger partial charge in [0.05, 0.1) is 5.54 Å². The molecule has 1 unspecified atom stereocenters. The average molecular weight is 195 g/mol. The van der Waals surface area contributed by atoms with Crippen molar-refractivity contribution in [1.29, 1.82) is 0 Å². The van der Waals surface area contributed by atoms with Crippen LogP contribution in [0.4, 0.5) is 0 Å². The molecule has 1 aliphatic rings. The van der Waals surface area contributed by atoms with E-state index in [0.29, 0.717) is 5.92 Å². The van der Waals surface area contributed by atoms with Crippen LogP contribution < -0.4 is 5.32 Å². The summed E-state index contributed by atoms with van der Waals surface area (Å²) in [6, 6.07) is 4.42. The summed E-state index contributed by atoms with van der Waals surface area (Å²) < 4.78 is 0. The van der Waals surface area contributed by atoms with E-state index in [1.54, 1.807) is 0 Å². The molecule has 0 bridgehead atoms. The molecule has 2 rings (SSSR count). The fourth-order valence-electron chi connectivity index (χ4n) is 2.29. The van der Waals surface area contributed by atoms with E-state index < -0.39 is 0 Å². The van der Waals surface area contributed by atoms with Crippen LogP contribution in [0.3, 0.4) is 0 Å². The quantitative estimate of drug-likeness (QED) is 0.765.